The molecule has 1 saturated carbocycles. The molecule has 2 heteroatoms. The predicted octanol–water partition coefficient (Wildman–Crippen LogP) is 2.57. The normalized spacial score (nSPS) is 21.4. The van der Waals surface area contributed by atoms with Crippen molar-refractivity contribution in [3.63, 3.8) is 0 Å². The molecule has 0 spiro atoms. The van der Waals surface area contributed by atoms with E-state index in [1.165, 1.54) is 32.1 Å². The average molecular weight is 199 g/mol. The lowest BCUT2D eigenvalue weighted by molar-refractivity contribution is 0.000976. The quantitative estimate of drug-likeness (QED) is 0.738. The SMILES string of the molecule is CC(C)C(CN)OCC1CCCCC1. The average Bonchev–Trinajstić information content (AvgIpc) is 2.20. The van der Waals surface area contributed by atoms with Crippen molar-refractivity contribution in [2.24, 2.45) is 17.6 Å². The maximum absolute atomic E-state index is 5.87. The molecule has 1 atom stereocenters. The van der Waals surface area contributed by atoms with Gasteiger partial charge in [0.25, 0.3) is 0 Å². The summed E-state index contributed by atoms with van der Waals surface area (Å²) in [6.45, 7) is 5.95. The zero-order chi connectivity index (χ0) is 10.4. The molecule has 2 N–H and O–H groups in total. The Morgan fingerprint density at radius 3 is 2.36 bits per heavy atom. The van der Waals surface area contributed by atoms with Crippen LogP contribution in [0, 0.1) is 11.8 Å². The maximum atomic E-state index is 5.87. The molecule has 1 fully saturated rings. The first-order valence-electron chi connectivity index (χ1n) is 6.05. The highest BCUT2D eigenvalue weighted by atomic mass is 16.5. The Morgan fingerprint density at radius 2 is 1.86 bits per heavy atom. The first kappa shape index (κ1) is 12.0. The van der Waals surface area contributed by atoms with E-state index in [9.17, 15) is 0 Å². The van der Waals surface area contributed by atoms with Gasteiger partial charge in [0.2, 0.25) is 0 Å². The Morgan fingerprint density at radius 1 is 1.21 bits per heavy atom. The van der Waals surface area contributed by atoms with Crippen LogP contribution in [0.2, 0.25) is 0 Å². The fourth-order valence-electron chi connectivity index (χ4n) is 2.15. The summed E-state index contributed by atoms with van der Waals surface area (Å²) in [7, 11) is 0. The van der Waals surface area contributed by atoms with E-state index in [0.29, 0.717) is 12.5 Å². The standard InChI is InChI=1S/C12H25NO/c1-10(2)12(8-13)14-9-11-6-4-3-5-7-11/h10-12H,3-9,13H2,1-2H3. The van der Waals surface area contributed by atoms with E-state index in [2.05, 4.69) is 13.8 Å². The molecule has 0 bridgehead atoms. The lowest BCUT2D eigenvalue weighted by Gasteiger charge is -2.26. The van der Waals surface area contributed by atoms with Crippen molar-refractivity contribution >= 4 is 0 Å². The van der Waals surface area contributed by atoms with E-state index in [0.717, 1.165) is 12.5 Å². The molecule has 0 radical (unpaired) electrons. The second-order valence-electron chi connectivity index (χ2n) is 4.86. The van der Waals surface area contributed by atoms with Crippen LogP contribution in [0.5, 0.6) is 0 Å². The molecule has 1 unspecified atom stereocenters. The first-order chi connectivity index (χ1) is 6.74. The van der Waals surface area contributed by atoms with E-state index in [4.69, 9.17) is 10.5 Å². The highest BCUT2D eigenvalue weighted by Gasteiger charge is 2.17. The summed E-state index contributed by atoms with van der Waals surface area (Å²) in [4.78, 5) is 0. The molecule has 1 rings (SSSR count). The third kappa shape index (κ3) is 3.97. The van der Waals surface area contributed by atoms with Gasteiger partial charge >= 0.3 is 0 Å². The topological polar surface area (TPSA) is 35.2 Å². The van der Waals surface area contributed by atoms with Gasteiger partial charge in [-0.05, 0) is 24.7 Å². The molecule has 14 heavy (non-hydrogen) atoms. The Balaban J connectivity index is 2.16. The van der Waals surface area contributed by atoms with Crippen molar-refractivity contribution in [2.45, 2.75) is 52.1 Å². The third-order valence-electron chi connectivity index (χ3n) is 3.25. The van der Waals surface area contributed by atoms with Crippen molar-refractivity contribution in [3.05, 3.63) is 0 Å². The summed E-state index contributed by atoms with van der Waals surface area (Å²) >= 11 is 0. The summed E-state index contributed by atoms with van der Waals surface area (Å²) < 4.78 is 5.87. The van der Waals surface area contributed by atoms with Gasteiger partial charge in [0.1, 0.15) is 0 Å². The van der Waals surface area contributed by atoms with E-state index in [1.807, 2.05) is 0 Å². The Kier molecular flexibility index (Phi) is 5.49. The molecule has 0 amide bonds. The second kappa shape index (κ2) is 6.41. The van der Waals surface area contributed by atoms with Crippen LogP contribution in [0.3, 0.4) is 0 Å². The van der Waals surface area contributed by atoms with E-state index < -0.39 is 0 Å². The molecule has 1 aliphatic carbocycles. The van der Waals surface area contributed by atoms with Crippen LogP contribution < -0.4 is 5.73 Å². The smallest absolute Gasteiger partial charge is 0.0720 e. The van der Waals surface area contributed by atoms with Crippen LogP contribution in [0.1, 0.15) is 46.0 Å². The van der Waals surface area contributed by atoms with Crippen LogP contribution >= 0.6 is 0 Å². The fraction of sp³-hybridized carbons (Fsp3) is 1.00. The van der Waals surface area contributed by atoms with Gasteiger partial charge in [-0.15, -0.1) is 0 Å². The lowest BCUT2D eigenvalue weighted by atomic mass is 9.90. The van der Waals surface area contributed by atoms with Crippen molar-refractivity contribution < 1.29 is 4.74 Å². The lowest BCUT2D eigenvalue weighted by Crippen LogP contribution is -2.31. The van der Waals surface area contributed by atoms with Crippen LogP contribution in [-0.2, 0) is 4.74 Å². The van der Waals surface area contributed by atoms with E-state index in [1.54, 1.807) is 0 Å². The summed E-state index contributed by atoms with van der Waals surface area (Å²) in [6, 6.07) is 0. The highest BCUT2D eigenvalue weighted by Crippen LogP contribution is 2.24. The largest absolute Gasteiger partial charge is 0.376 e. The maximum Gasteiger partial charge on any atom is 0.0720 e. The number of hydrogen-bond acceptors (Lipinski definition) is 2. The Hall–Kier alpha value is -0.0800. The van der Waals surface area contributed by atoms with Crippen LogP contribution in [0.15, 0.2) is 0 Å². The molecular weight excluding hydrogens is 174 g/mol. The molecule has 0 aromatic rings. The predicted molar refractivity (Wildman–Crippen MR) is 60.2 cm³/mol. The highest BCUT2D eigenvalue weighted by molar-refractivity contribution is 4.68. The van der Waals surface area contributed by atoms with Gasteiger partial charge in [-0.2, -0.15) is 0 Å². The van der Waals surface area contributed by atoms with Gasteiger partial charge in [0.15, 0.2) is 0 Å². The fourth-order valence-corrected chi connectivity index (χ4v) is 2.15. The van der Waals surface area contributed by atoms with Gasteiger partial charge in [0.05, 0.1) is 6.10 Å². The minimum absolute atomic E-state index is 0.261. The van der Waals surface area contributed by atoms with Gasteiger partial charge < -0.3 is 10.5 Å². The molecule has 0 saturated heterocycles. The minimum atomic E-state index is 0.261. The van der Waals surface area contributed by atoms with Crippen LogP contribution in [0.25, 0.3) is 0 Å². The van der Waals surface area contributed by atoms with Gasteiger partial charge in [0, 0.05) is 13.2 Å². The van der Waals surface area contributed by atoms with Crippen molar-refractivity contribution in [1.82, 2.24) is 0 Å². The molecule has 0 aromatic heterocycles. The zero-order valence-electron chi connectivity index (χ0n) is 9.67. The minimum Gasteiger partial charge on any atom is -0.376 e. The first-order valence-corrected chi connectivity index (χ1v) is 6.05. The zero-order valence-corrected chi connectivity index (χ0v) is 9.67. The van der Waals surface area contributed by atoms with Crippen LogP contribution in [-0.4, -0.2) is 19.3 Å². The molecule has 0 heterocycles. The van der Waals surface area contributed by atoms with Gasteiger partial charge in [-0.1, -0.05) is 33.1 Å². The van der Waals surface area contributed by atoms with Crippen molar-refractivity contribution in [2.75, 3.05) is 13.2 Å². The summed E-state index contributed by atoms with van der Waals surface area (Å²) in [5.74, 6) is 1.35. The second-order valence-corrected chi connectivity index (χ2v) is 4.86. The molecular formula is C12H25NO. The molecule has 84 valence electrons. The molecule has 2 nitrogen and oxygen atoms in total. The van der Waals surface area contributed by atoms with Gasteiger partial charge in [-0.25, -0.2) is 0 Å². The van der Waals surface area contributed by atoms with Gasteiger partial charge in [-0.3, -0.25) is 0 Å². The summed E-state index contributed by atoms with van der Waals surface area (Å²) in [5, 5.41) is 0. The summed E-state index contributed by atoms with van der Waals surface area (Å²) in [6.07, 6.45) is 7.18. The third-order valence-corrected chi connectivity index (χ3v) is 3.25. The molecule has 1 aliphatic rings. The molecule has 0 aliphatic heterocycles. The van der Waals surface area contributed by atoms with Crippen LogP contribution in [0.4, 0.5) is 0 Å². The Labute approximate surface area is 88.2 Å². The Bertz CT molecular complexity index is 141. The van der Waals surface area contributed by atoms with Crippen molar-refractivity contribution in [1.29, 1.82) is 0 Å². The van der Waals surface area contributed by atoms with E-state index >= 15 is 0 Å². The molecule has 0 aromatic carbocycles. The number of rotatable bonds is 5. The number of hydrogen-bond donors (Lipinski definition) is 1. The van der Waals surface area contributed by atoms with Crippen molar-refractivity contribution in [3.8, 4) is 0 Å². The summed E-state index contributed by atoms with van der Waals surface area (Å²) in [5.41, 5.74) is 5.66. The van der Waals surface area contributed by atoms with E-state index in [-0.39, 0.29) is 6.10 Å². The monoisotopic (exact) mass is 199 g/mol. The number of nitrogens with two attached hydrogens (primary N) is 1. The number of ether oxygens (including phenoxy) is 1.